The van der Waals surface area contributed by atoms with Crippen LogP contribution in [0.1, 0.15) is 71.1 Å². The summed E-state index contributed by atoms with van der Waals surface area (Å²) in [5, 5.41) is 0. The number of hydrogen-bond donors (Lipinski definition) is 0. The molecule has 0 aromatic carbocycles. The van der Waals surface area contributed by atoms with Crippen molar-refractivity contribution in [1.82, 2.24) is 0 Å². The average molecular weight is 201 g/mol. The van der Waals surface area contributed by atoms with E-state index in [0.717, 1.165) is 5.75 Å². The van der Waals surface area contributed by atoms with Crippen LogP contribution < -0.4 is 0 Å². The minimum atomic E-state index is 0.955. The van der Waals surface area contributed by atoms with Crippen LogP contribution in [-0.4, -0.2) is 5.75 Å². The van der Waals surface area contributed by atoms with E-state index in [1.165, 1.54) is 64.2 Å². The van der Waals surface area contributed by atoms with E-state index in [-0.39, 0.29) is 0 Å². The van der Waals surface area contributed by atoms with Crippen LogP contribution in [0.3, 0.4) is 0 Å². The summed E-state index contributed by atoms with van der Waals surface area (Å²) in [4.78, 5) is 0. The van der Waals surface area contributed by atoms with Gasteiger partial charge in [0.1, 0.15) is 0 Å². The van der Waals surface area contributed by atoms with E-state index in [9.17, 15) is 0 Å². The average Bonchev–Trinajstić information content (AvgIpc) is 2.16. The zero-order valence-electron chi connectivity index (χ0n) is 9.19. The van der Waals surface area contributed by atoms with Crippen molar-refractivity contribution in [1.29, 1.82) is 0 Å². The first-order chi connectivity index (χ1) is 6.41. The molecule has 0 heterocycles. The van der Waals surface area contributed by atoms with E-state index in [2.05, 4.69) is 6.92 Å². The van der Waals surface area contributed by atoms with Crippen molar-refractivity contribution in [2.75, 3.05) is 5.75 Å². The van der Waals surface area contributed by atoms with E-state index in [4.69, 9.17) is 12.6 Å². The summed E-state index contributed by atoms with van der Waals surface area (Å²) in [5.74, 6) is 0.955. The van der Waals surface area contributed by atoms with Crippen molar-refractivity contribution >= 4 is 12.6 Å². The van der Waals surface area contributed by atoms with E-state index in [1.807, 2.05) is 0 Å². The van der Waals surface area contributed by atoms with Gasteiger partial charge in [0.15, 0.2) is 0 Å². The van der Waals surface area contributed by atoms with Crippen molar-refractivity contribution in [2.24, 2.45) is 0 Å². The summed E-state index contributed by atoms with van der Waals surface area (Å²) in [6, 6.07) is 0. The van der Waals surface area contributed by atoms with Gasteiger partial charge < -0.3 is 0 Å². The predicted molar refractivity (Wildman–Crippen MR) is 64.3 cm³/mol. The highest BCUT2D eigenvalue weighted by molar-refractivity contribution is 7.80. The highest BCUT2D eigenvalue weighted by Crippen LogP contribution is 2.10. The summed E-state index contributed by atoms with van der Waals surface area (Å²) < 4.78 is 0. The van der Waals surface area contributed by atoms with E-state index in [1.54, 1.807) is 0 Å². The molecule has 0 aliphatic heterocycles. The second-order valence-electron chi connectivity index (χ2n) is 3.89. The van der Waals surface area contributed by atoms with Gasteiger partial charge in [-0.05, 0) is 6.42 Å². The normalized spacial score (nSPS) is 10.6. The van der Waals surface area contributed by atoms with Gasteiger partial charge in [-0.25, -0.2) is 0 Å². The number of hydrogen-bond acceptors (Lipinski definition) is 0. The van der Waals surface area contributed by atoms with Crippen molar-refractivity contribution in [2.45, 2.75) is 71.1 Å². The van der Waals surface area contributed by atoms with Crippen LogP contribution >= 0.6 is 12.6 Å². The van der Waals surface area contributed by atoms with Gasteiger partial charge in [-0.3, -0.25) is 0 Å². The maximum atomic E-state index is 4.90. The molecule has 0 nitrogen and oxygen atoms in total. The molecule has 0 fully saturated rings. The second kappa shape index (κ2) is 12.3. The molecule has 0 rings (SSSR count). The molecule has 0 aromatic rings. The molecular formula is C12H25S. The van der Waals surface area contributed by atoms with Gasteiger partial charge in [0.2, 0.25) is 0 Å². The van der Waals surface area contributed by atoms with Crippen molar-refractivity contribution in [3.63, 3.8) is 0 Å². The van der Waals surface area contributed by atoms with Gasteiger partial charge in [-0.15, -0.1) is 0 Å². The molecule has 0 aromatic heterocycles. The quantitative estimate of drug-likeness (QED) is 0.431. The molecule has 1 heteroatoms. The van der Waals surface area contributed by atoms with E-state index in [0.29, 0.717) is 0 Å². The monoisotopic (exact) mass is 201 g/mol. The molecule has 1 radical (unpaired) electrons. The Balaban J connectivity index is 2.76. The Morgan fingerprint density at radius 2 is 1.00 bits per heavy atom. The van der Waals surface area contributed by atoms with Crippen LogP contribution in [-0.2, 0) is 0 Å². The molecule has 0 spiro atoms. The van der Waals surface area contributed by atoms with Gasteiger partial charge in [-0.2, -0.15) is 0 Å². The Labute approximate surface area is 89.9 Å². The fourth-order valence-electron chi connectivity index (χ4n) is 1.59. The number of unbranched alkanes of at least 4 members (excludes halogenated alkanes) is 9. The molecule has 0 N–H and O–H groups in total. The molecular weight excluding hydrogens is 176 g/mol. The van der Waals surface area contributed by atoms with Crippen LogP contribution in [0, 0.1) is 0 Å². The lowest BCUT2D eigenvalue weighted by Gasteiger charge is -2.00. The molecule has 0 saturated heterocycles. The Morgan fingerprint density at radius 1 is 0.615 bits per heavy atom. The van der Waals surface area contributed by atoms with Crippen LogP contribution in [0.5, 0.6) is 0 Å². The number of rotatable bonds is 10. The Hall–Kier alpha value is 0.350. The highest BCUT2D eigenvalue weighted by Gasteiger charge is 1.91. The van der Waals surface area contributed by atoms with Gasteiger partial charge in [0.25, 0.3) is 0 Å². The Morgan fingerprint density at radius 3 is 1.38 bits per heavy atom. The maximum Gasteiger partial charge on any atom is 0.00369 e. The van der Waals surface area contributed by atoms with Crippen molar-refractivity contribution < 1.29 is 0 Å². The van der Waals surface area contributed by atoms with Crippen LogP contribution in [0.4, 0.5) is 0 Å². The predicted octanol–water partition coefficient (Wildman–Crippen LogP) is 5.10. The van der Waals surface area contributed by atoms with Crippen molar-refractivity contribution in [3.05, 3.63) is 0 Å². The van der Waals surface area contributed by atoms with Crippen molar-refractivity contribution in [3.8, 4) is 0 Å². The fourth-order valence-corrected chi connectivity index (χ4v) is 1.79. The third kappa shape index (κ3) is 12.4. The molecule has 0 aliphatic carbocycles. The maximum absolute atomic E-state index is 4.90. The lowest BCUT2D eigenvalue weighted by molar-refractivity contribution is 0.563. The first-order valence-corrected chi connectivity index (χ1v) is 6.57. The van der Waals surface area contributed by atoms with Gasteiger partial charge in [0, 0.05) is 5.75 Å². The third-order valence-electron chi connectivity index (χ3n) is 2.50. The summed E-state index contributed by atoms with van der Waals surface area (Å²) >= 11 is 4.90. The highest BCUT2D eigenvalue weighted by atomic mass is 32.1. The fraction of sp³-hybridized carbons (Fsp3) is 1.00. The summed E-state index contributed by atoms with van der Waals surface area (Å²) in [5.41, 5.74) is 0. The third-order valence-corrected chi connectivity index (χ3v) is 2.79. The van der Waals surface area contributed by atoms with Gasteiger partial charge >= 0.3 is 0 Å². The van der Waals surface area contributed by atoms with Gasteiger partial charge in [0.05, 0.1) is 0 Å². The molecule has 0 amide bonds. The molecule has 0 bridgehead atoms. The summed E-state index contributed by atoms with van der Waals surface area (Å²) in [6.45, 7) is 2.27. The first-order valence-electron chi connectivity index (χ1n) is 6.00. The SMILES string of the molecule is CCCCCCCCCCCC[S]. The lowest BCUT2D eigenvalue weighted by atomic mass is 10.1. The largest absolute Gasteiger partial charge is 0.0942 e. The van der Waals surface area contributed by atoms with Crippen LogP contribution in [0.25, 0.3) is 0 Å². The summed E-state index contributed by atoms with van der Waals surface area (Å²) in [7, 11) is 0. The first kappa shape index (κ1) is 13.4. The second-order valence-corrected chi connectivity index (χ2v) is 4.29. The molecule has 79 valence electrons. The van der Waals surface area contributed by atoms with Gasteiger partial charge in [-0.1, -0.05) is 77.3 Å². The van der Waals surface area contributed by atoms with E-state index >= 15 is 0 Å². The molecule has 0 aliphatic rings. The Kier molecular flexibility index (Phi) is 12.7. The standard InChI is InChI=1S/C12H25S/c1-2-3-4-5-6-7-8-9-10-11-12-13/h2-12H2,1H3. The minimum absolute atomic E-state index is 0.955. The Bertz CT molecular complexity index is 71.2. The smallest absolute Gasteiger partial charge is 0.00369 e. The lowest BCUT2D eigenvalue weighted by Crippen LogP contribution is -1.81. The minimum Gasteiger partial charge on any atom is -0.0942 e. The van der Waals surface area contributed by atoms with Crippen LogP contribution in [0.15, 0.2) is 0 Å². The van der Waals surface area contributed by atoms with Crippen LogP contribution in [0.2, 0.25) is 0 Å². The summed E-state index contributed by atoms with van der Waals surface area (Å²) in [6.07, 6.45) is 14.0. The molecule has 0 saturated carbocycles. The topological polar surface area (TPSA) is 0 Å². The molecule has 0 unspecified atom stereocenters. The molecule has 0 atom stereocenters. The van der Waals surface area contributed by atoms with E-state index < -0.39 is 0 Å². The zero-order valence-corrected chi connectivity index (χ0v) is 10.0. The zero-order chi connectivity index (χ0) is 9.78. The molecule has 13 heavy (non-hydrogen) atoms.